The van der Waals surface area contributed by atoms with Gasteiger partial charge in [0, 0.05) is 13.2 Å². The number of rotatable bonds is 8. The summed E-state index contributed by atoms with van der Waals surface area (Å²) in [6.07, 6.45) is 2.43. The van der Waals surface area contributed by atoms with Crippen molar-refractivity contribution in [1.29, 1.82) is 0 Å². The fourth-order valence-electron chi connectivity index (χ4n) is 2.95. The fraction of sp³-hybridized carbons (Fsp3) is 0.381. The van der Waals surface area contributed by atoms with Gasteiger partial charge in [-0.1, -0.05) is 18.2 Å². The summed E-state index contributed by atoms with van der Waals surface area (Å²) < 4.78 is 29.7. The number of nitrogens with one attached hydrogen (secondary N) is 1. The van der Waals surface area contributed by atoms with E-state index >= 15 is 0 Å². The Morgan fingerprint density at radius 2 is 1.96 bits per heavy atom. The molecule has 1 aliphatic heterocycles. The highest BCUT2D eigenvalue weighted by molar-refractivity contribution is 5.78. The standard InChI is InChI=1S/C21H24FNO4/c1-25-20-11-16(6-9-19(20)27-14-18-3-2-10-26-18)13-23-21(24)12-15-4-7-17(22)8-5-15/h4-9,11,18H,2-3,10,12-14H2,1H3,(H,23,24). The molecule has 0 aromatic heterocycles. The van der Waals surface area contributed by atoms with Gasteiger partial charge in [-0.05, 0) is 48.2 Å². The molecule has 1 unspecified atom stereocenters. The molecule has 6 heteroatoms. The van der Waals surface area contributed by atoms with Crippen molar-refractivity contribution in [1.82, 2.24) is 5.32 Å². The number of carbonyl (C=O) groups is 1. The first-order chi connectivity index (χ1) is 13.1. The van der Waals surface area contributed by atoms with Crippen molar-refractivity contribution in [2.75, 3.05) is 20.3 Å². The van der Waals surface area contributed by atoms with E-state index in [2.05, 4.69) is 5.32 Å². The molecule has 1 fully saturated rings. The van der Waals surface area contributed by atoms with E-state index in [0.717, 1.165) is 30.6 Å². The van der Waals surface area contributed by atoms with Gasteiger partial charge in [-0.2, -0.15) is 0 Å². The first-order valence-electron chi connectivity index (χ1n) is 9.06. The summed E-state index contributed by atoms with van der Waals surface area (Å²) in [5.41, 5.74) is 1.67. The largest absolute Gasteiger partial charge is 0.493 e. The van der Waals surface area contributed by atoms with Crippen molar-refractivity contribution in [3.05, 3.63) is 59.4 Å². The highest BCUT2D eigenvalue weighted by atomic mass is 19.1. The molecule has 1 N–H and O–H groups in total. The van der Waals surface area contributed by atoms with Crippen LogP contribution in [0.4, 0.5) is 4.39 Å². The van der Waals surface area contributed by atoms with E-state index in [-0.39, 0.29) is 24.2 Å². The third-order valence-electron chi connectivity index (χ3n) is 4.44. The number of amides is 1. The third-order valence-corrected chi connectivity index (χ3v) is 4.44. The zero-order valence-electron chi connectivity index (χ0n) is 15.4. The SMILES string of the molecule is COc1cc(CNC(=O)Cc2ccc(F)cc2)ccc1OCC1CCCO1. The normalized spacial score (nSPS) is 16.1. The van der Waals surface area contributed by atoms with E-state index in [0.29, 0.717) is 24.7 Å². The summed E-state index contributed by atoms with van der Waals surface area (Å²) in [5.74, 6) is 0.847. The topological polar surface area (TPSA) is 56.8 Å². The van der Waals surface area contributed by atoms with Crippen molar-refractivity contribution < 1.29 is 23.4 Å². The Bertz CT molecular complexity index is 757. The maximum Gasteiger partial charge on any atom is 0.224 e. The van der Waals surface area contributed by atoms with Crippen molar-refractivity contribution in [3.8, 4) is 11.5 Å². The van der Waals surface area contributed by atoms with Crippen LogP contribution < -0.4 is 14.8 Å². The van der Waals surface area contributed by atoms with Crippen LogP contribution in [0.15, 0.2) is 42.5 Å². The monoisotopic (exact) mass is 373 g/mol. The summed E-state index contributed by atoms with van der Waals surface area (Å²) in [6.45, 7) is 1.67. The van der Waals surface area contributed by atoms with Crippen LogP contribution in [0.25, 0.3) is 0 Å². The number of ether oxygens (including phenoxy) is 3. The number of hydrogen-bond donors (Lipinski definition) is 1. The molecule has 1 saturated heterocycles. The van der Waals surface area contributed by atoms with E-state index in [4.69, 9.17) is 14.2 Å². The lowest BCUT2D eigenvalue weighted by atomic mass is 10.1. The maximum absolute atomic E-state index is 12.9. The Labute approximate surface area is 158 Å². The molecular weight excluding hydrogens is 349 g/mol. The van der Waals surface area contributed by atoms with Crippen molar-refractivity contribution in [2.45, 2.75) is 31.9 Å². The van der Waals surface area contributed by atoms with Crippen LogP contribution in [0.5, 0.6) is 11.5 Å². The summed E-state index contributed by atoms with van der Waals surface area (Å²) in [5, 5.41) is 2.86. The minimum atomic E-state index is -0.312. The molecule has 0 bridgehead atoms. The van der Waals surface area contributed by atoms with E-state index in [1.54, 1.807) is 19.2 Å². The third kappa shape index (κ3) is 5.69. The van der Waals surface area contributed by atoms with Crippen LogP contribution in [-0.2, 0) is 22.5 Å². The van der Waals surface area contributed by atoms with Crippen LogP contribution in [-0.4, -0.2) is 32.3 Å². The minimum absolute atomic E-state index is 0.126. The molecule has 1 amide bonds. The summed E-state index contributed by atoms with van der Waals surface area (Å²) in [6, 6.07) is 11.5. The van der Waals surface area contributed by atoms with Crippen LogP contribution in [0.1, 0.15) is 24.0 Å². The molecule has 5 nitrogen and oxygen atoms in total. The second-order valence-electron chi connectivity index (χ2n) is 6.51. The minimum Gasteiger partial charge on any atom is -0.493 e. The Kier molecular flexibility index (Phi) is 6.65. The van der Waals surface area contributed by atoms with Gasteiger partial charge >= 0.3 is 0 Å². The molecule has 1 atom stereocenters. The summed E-state index contributed by atoms with van der Waals surface area (Å²) >= 11 is 0. The van der Waals surface area contributed by atoms with Gasteiger partial charge in [0.1, 0.15) is 12.4 Å². The van der Waals surface area contributed by atoms with Gasteiger partial charge in [-0.3, -0.25) is 4.79 Å². The van der Waals surface area contributed by atoms with Gasteiger partial charge in [-0.25, -0.2) is 4.39 Å². The van der Waals surface area contributed by atoms with Crippen LogP contribution in [0.2, 0.25) is 0 Å². The number of carbonyl (C=O) groups excluding carboxylic acids is 1. The van der Waals surface area contributed by atoms with Crippen LogP contribution in [0.3, 0.4) is 0 Å². The predicted molar refractivity (Wildman–Crippen MR) is 99.4 cm³/mol. The quantitative estimate of drug-likeness (QED) is 0.772. The Morgan fingerprint density at radius 1 is 1.19 bits per heavy atom. The number of hydrogen-bond acceptors (Lipinski definition) is 4. The van der Waals surface area contributed by atoms with Gasteiger partial charge in [-0.15, -0.1) is 0 Å². The molecule has 27 heavy (non-hydrogen) atoms. The lowest BCUT2D eigenvalue weighted by Gasteiger charge is -2.15. The fourth-order valence-corrected chi connectivity index (χ4v) is 2.95. The molecular formula is C21H24FNO4. The molecule has 3 rings (SSSR count). The zero-order valence-corrected chi connectivity index (χ0v) is 15.4. The van der Waals surface area contributed by atoms with Crippen LogP contribution in [0, 0.1) is 5.82 Å². The maximum atomic E-state index is 12.9. The Morgan fingerprint density at radius 3 is 2.67 bits per heavy atom. The Balaban J connectivity index is 1.51. The first kappa shape index (κ1) is 19.2. The number of methoxy groups -OCH3 is 1. The smallest absolute Gasteiger partial charge is 0.224 e. The zero-order chi connectivity index (χ0) is 19.1. The van der Waals surface area contributed by atoms with Crippen molar-refractivity contribution in [3.63, 3.8) is 0 Å². The summed E-state index contributed by atoms with van der Waals surface area (Å²) in [7, 11) is 1.59. The van der Waals surface area contributed by atoms with E-state index in [1.807, 2.05) is 18.2 Å². The second kappa shape index (κ2) is 9.37. The van der Waals surface area contributed by atoms with E-state index < -0.39 is 0 Å². The highest BCUT2D eigenvalue weighted by Gasteiger charge is 2.17. The molecule has 0 radical (unpaired) electrons. The van der Waals surface area contributed by atoms with Crippen molar-refractivity contribution in [2.24, 2.45) is 0 Å². The van der Waals surface area contributed by atoms with Crippen LogP contribution >= 0.6 is 0 Å². The van der Waals surface area contributed by atoms with E-state index in [1.165, 1.54) is 12.1 Å². The average Bonchev–Trinajstić information content (AvgIpc) is 3.20. The summed E-state index contributed by atoms with van der Waals surface area (Å²) in [4.78, 5) is 12.1. The lowest BCUT2D eigenvalue weighted by molar-refractivity contribution is -0.120. The van der Waals surface area contributed by atoms with Gasteiger partial charge in [0.05, 0.1) is 19.6 Å². The molecule has 2 aromatic rings. The molecule has 0 spiro atoms. The van der Waals surface area contributed by atoms with E-state index in [9.17, 15) is 9.18 Å². The molecule has 2 aromatic carbocycles. The molecule has 0 aliphatic carbocycles. The van der Waals surface area contributed by atoms with Gasteiger partial charge in [0.15, 0.2) is 11.5 Å². The predicted octanol–water partition coefficient (Wildman–Crippen LogP) is 3.25. The Hall–Kier alpha value is -2.60. The molecule has 1 heterocycles. The van der Waals surface area contributed by atoms with Gasteiger partial charge < -0.3 is 19.5 Å². The molecule has 1 aliphatic rings. The van der Waals surface area contributed by atoms with Crippen molar-refractivity contribution >= 4 is 5.91 Å². The molecule has 0 saturated carbocycles. The molecule has 144 valence electrons. The van der Waals surface area contributed by atoms with Gasteiger partial charge in [0.2, 0.25) is 5.91 Å². The number of benzene rings is 2. The number of halogens is 1. The van der Waals surface area contributed by atoms with Gasteiger partial charge in [0.25, 0.3) is 0 Å². The second-order valence-corrected chi connectivity index (χ2v) is 6.51. The lowest BCUT2D eigenvalue weighted by Crippen LogP contribution is -2.24. The average molecular weight is 373 g/mol. The first-order valence-corrected chi connectivity index (χ1v) is 9.06. The highest BCUT2D eigenvalue weighted by Crippen LogP contribution is 2.29.